The minimum atomic E-state index is -3.75. The molecule has 174 valence electrons. The zero-order valence-corrected chi connectivity index (χ0v) is 18.6. The first-order valence-corrected chi connectivity index (χ1v) is 10.9. The van der Waals surface area contributed by atoms with Gasteiger partial charge in [0.2, 0.25) is 15.7 Å². The van der Waals surface area contributed by atoms with Crippen LogP contribution in [0.25, 0.3) is 5.69 Å². The summed E-state index contributed by atoms with van der Waals surface area (Å²) in [7, 11) is -0.497. The summed E-state index contributed by atoms with van der Waals surface area (Å²) in [5, 5.41) is 23.1. The number of sulfone groups is 1. The Hall–Kier alpha value is -4.03. The largest absolute Gasteiger partial charge is 0.479 e. The van der Waals surface area contributed by atoms with Crippen LogP contribution in [0.15, 0.2) is 76.8 Å². The topological polar surface area (TPSA) is 161 Å². The molecule has 0 saturated carbocycles. The summed E-state index contributed by atoms with van der Waals surface area (Å²) >= 11 is 0. The van der Waals surface area contributed by atoms with Gasteiger partial charge in [-0.3, -0.25) is 0 Å². The minimum Gasteiger partial charge on any atom is -0.479 e. The minimum absolute atomic E-state index is 0.0650. The molecule has 0 atom stereocenters. The smallest absolute Gasteiger partial charge is 0.328 e. The Morgan fingerprint density at radius 3 is 2.27 bits per heavy atom. The van der Waals surface area contributed by atoms with Gasteiger partial charge in [0.25, 0.3) is 0 Å². The molecule has 0 spiro atoms. The Morgan fingerprint density at radius 2 is 1.73 bits per heavy atom. The average molecular weight is 474 g/mol. The number of methoxy groups -OCH3 is 1. The molecule has 0 fully saturated rings. The molecule has 0 radical (unpaired) electrons. The SMILES string of the molecule is CNCc1cc(S(=O)(=O)c2ccccc2)n(-c2cccnc2OC)n1.O=C(O)C=CC(=O)O. The number of nitrogens with one attached hydrogen (secondary N) is 1. The zero-order valence-electron chi connectivity index (χ0n) is 17.7. The lowest BCUT2D eigenvalue weighted by atomic mass is 10.4. The molecule has 0 aliphatic rings. The van der Waals surface area contributed by atoms with E-state index in [0.29, 0.717) is 36.0 Å². The fourth-order valence-corrected chi connectivity index (χ4v) is 4.02. The maximum Gasteiger partial charge on any atom is 0.328 e. The highest BCUT2D eigenvalue weighted by molar-refractivity contribution is 7.91. The molecule has 0 amide bonds. The van der Waals surface area contributed by atoms with Crippen molar-refractivity contribution >= 4 is 21.8 Å². The number of carbonyl (C=O) groups is 2. The summed E-state index contributed by atoms with van der Waals surface area (Å²) < 4.78 is 32.8. The maximum atomic E-state index is 13.1. The van der Waals surface area contributed by atoms with E-state index >= 15 is 0 Å². The second-order valence-electron chi connectivity index (χ2n) is 6.27. The molecule has 3 aromatic rings. The van der Waals surface area contributed by atoms with Gasteiger partial charge < -0.3 is 20.3 Å². The normalized spacial score (nSPS) is 11.0. The highest BCUT2D eigenvalue weighted by Crippen LogP contribution is 2.27. The number of rotatable bonds is 8. The van der Waals surface area contributed by atoms with Crippen molar-refractivity contribution < 1.29 is 33.0 Å². The van der Waals surface area contributed by atoms with E-state index in [1.807, 2.05) is 0 Å². The van der Waals surface area contributed by atoms with Crippen molar-refractivity contribution in [2.75, 3.05) is 14.2 Å². The van der Waals surface area contributed by atoms with E-state index in [2.05, 4.69) is 15.4 Å². The van der Waals surface area contributed by atoms with Gasteiger partial charge in [-0.05, 0) is 31.3 Å². The van der Waals surface area contributed by atoms with Crippen molar-refractivity contribution in [1.29, 1.82) is 0 Å². The molecule has 2 aromatic heterocycles. The number of carboxylic acid groups (broad SMARTS) is 2. The highest BCUT2D eigenvalue weighted by Gasteiger charge is 2.26. The highest BCUT2D eigenvalue weighted by atomic mass is 32.2. The predicted molar refractivity (Wildman–Crippen MR) is 117 cm³/mol. The van der Waals surface area contributed by atoms with E-state index in [4.69, 9.17) is 14.9 Å². The monoisotopic (exact) mass is 474 g/mol. The van der Waals surface area contributed by atoms with Crippen LogP contribution in [-0.4, -0.2) is 59.5 Å². The second-order valence-corrected chi connectivity index (χ2v) is 8.17. The van der Waals surface area contributed by atoms with Crippen LogP contribution in [0.3, 0.4) is 0 Å². The molecule has 0 saturated heterocycles. The van der Waals surface area contributed by atoms with E-state index in [0.717, 1.165) is 0 Å². The van der Waals surface area contributed by atoms with Crippen LogP contribution in [0.2, 0.25) is 0 Å². The third-order valence-electron chi connectivity index (χ3n) is 3.96. The molecular weight excluding hydrogens is 452 g/mol. The second kappa shape index (κ2) is 11.5. The van der Waals surface area contributed by atoms with Crippen LogP contribution >= 0.6 is 0 Å². The molecule has 11 nitrogen and oxygen atoms in total. The lowest BCUT2D eigenvalue weighted by Crippen LogP contribution is -2.11. The Balaban J connectivity index is 0.000000414. The van der Waals surface area contributed by atoms with Gasteiger partial charge in [0, 0.05) is 31.0 Å². The molecule has 0 aliphatic carbocycles. The van der Waals surface area contributed by atoms with Gasteiger partial charge >= 0.3 is 11.9 Å². The van der Waals surface area contributed by atoms with Crippen molar-refractivity contribution in [2.45, 2.75) is 16.5 Å². The van der Waals surface area contributed by atoms with E-state index in [9.17, 15) is 18.0 Å². The third kappa shape index (κ3) is 6.72. The first-order valence-electron chi connectivity index (χ1n) is 9.37. The molecule has 12 heteroatoms. The Bertz CT molecular complexity index is 1220. The molecule has 2 heterocycles. The van der Waals surface area contributed by atoms with Crippen molar-refractivity contribution in [2.24, 2.45) is 0 Å². The number of hydrogen-bond acceptors (Lipinski definition) is 8. The number of benzene rings is 1. The van der Waals surface area contributed by atoms with Crippen molar-refractivity contribution in [3.05, 3.63) is 72.6 Å². The Morgan fingerprint density at radius 1 is 1.09 bits per heavy atom. The number of ether oxygens (including phenoxy) is 1. The van der Waals surface area contributed by atoms with E-state index in [1.165, 1.54) is 11.8 Å². The van der Waals surface area contributed by atoms with E-state index < -0.39 is 21.8 Å². The van der Waals surface area contributed by atoms with Crippen LogP contribution in [0, 0.1) is 0 Å². The van der Waals surface area contributed by atoms with Gasteiger partial charge in [0.05, 0.1) is 17.7 Å². The fourth-order valence-electron chi connectivity index (χ4n) is 2.61. The number of pyridine rings is 1. The third-order valence-corrected chi connectivity index (χ3v) is 5.69. The lowest BCUT2D eigenvalue weighted by Gasteiger charge is -2.11. The summed E-state index contributed by atoms with van der Waals surface area (Å²) in [5.41, 5.74) is 1.06. The van der Waals surface area contributed by atoms with Crippen LogP contribution < -0.4 is 10.1 Å². The van der Waals surface area contributed by atoms with Crippen LogP contribution in [0.4, 0.5) is 0 Å². The van der Waals surface area contributed by atoms with Gasteiger partial charge in [-0.15, -0.1) is 0 Å². The van der Waals surface area contributed by atoms with Crippen LogP contribution in [0.5, 0.6) is 5.88 Å². The first kappa shape index (κ1) is 25.2. The summed E-state index contributed by atoms with van der Waals surface area (Å²) in [4.78, 5) is 23.4. The molecule has 0 aliphatic heterocycles. The maximum absolute atomic E-state index is 13.1. The molecule has 3 rings (SSSR count). The summed E-state index contributed by atoms with van der Waals surface area (Å²) in [6, 6.07) is 13.2. The van der Waals surface area contributed by atoms with Gasteiger partial charge in [-0.2, -0.15) is 5.10 Å². The molecule has 0 bridgehead atoms. The number of nitrogens with zero attached hydrogens (tertiary/aromatic N) is 3. The summed E-state index contributed by atoms with van der Waals surface area (Å²) in [6.45, 7) is 0.437. The molecular formula is C21H22N4O7S. The number of aliphatic carboxylic acids is 2. The van der Waals surface area contributed by atoms with E-state index in [-0.39, 0.29) is 9.92 Å². The summed E-state index contributed by atoms with van der Waals surface area (Å²) in [5.74, 6) is -2.22. The lowest BCUT2D eigenvalue weighted by molar-refractivity contribution is -0.134. The summed E-state index contributed by atoms with van der Waals surface area (Å²) in [6.07, 6.45) is 2.69. The van der Waals surface area contributed by atoms with E-state index in [1.54, 1.807) is 61.8 Å². The molecule has 1 aromatic carbocycles. The zero-order chi connectivity index (χ0) is 24.4. The van der Waals surface area contributed by atoms with Gasteiger partial charge in [0.15, 0.2) is 5.03 Å². The van der Waals surface area contributed by atoms with Crippen LogP contribution in [-0.2, 0) is 26.0 Å². The van der Waals surface area contributed by atoms with Crippen LogP contribution in [0.1, 0.15) is 5.69 Å². The molecule has 33 heavy (non-hydrogen) atoms. The predicted octanol–water partition coefficient (Wildman–Crippen LogP) is 1.54. The standard InChI is InChI=1S/C17H18N4O3S.C4H4O4/c1-18-12-13-11-16(25(22,23)14-7-4-3-5-8-14)21(20-13)15-9-6-10-19-17(15)24-2;5-3(6)1-2-4(7)8/h3-11,18H,12H2,1-2H3;1-2H,(H,5,6)(H,7,8). The number of aromatic nitrogens is 3. The van der Waals surface area contributed by atoms with Crippen molar-refractivity contribution in [3.8, 4) is 11.6 Å². The van der Waals surface area contributed by atoms with Crippen molar-refractivity contribution in [1.82, 2.24) is 20.1 Å². The number of hydrogen-bond donors (Lipinski definition) is 3. The fraction of sp³-hybridized carbons (Fsp3) is 0.143. The molecule has 3 N–H and O–H groups in total. The Kier molecular flexibility index (Phi) is 8.83. The number of carboxylic acids is 2. The van der Waals surface area contributed by atoms with Gasteiger partial charge in [-0.25, -0.2) is 27.7 Å². The average Bonchev–Trinajstić information content (AvgIpc) is 3.23. The van der Waals surface area contributed by atoms with Crippen molar-refractivity contribution in [3.63, 3.8) is 0 Å². The molecule has 0 unspecified atom stereocenters. The Labute approximate surface area is 189 Å². The first-order chi connectivity index (χ1) is 15.7. The quantitative estimate of drug-likeness (QED) is 0.408. The van der Waals surface area contributed by atoms with Gasteiger partial charge in [-0.1, -0.05) is 18.2 Å². The van der Waals surface area contributed by atoms with Gasteiger partial charge in [0.1, 0.15) is 5.69 Å².